The number of hydrazone groups is 1. The van der Waals surface area contributed by atoms with Crippen LogP contribution in [0.2, 0.25) is 5.02 Å². The number of amides is 1. The maximum absolute atomic E-state index is 13.5. The van der Waals surface area contributed by atoms with Crippen LogP contribution in [0.4, 0.5) is 0 Å². The zero-order valence-electron chi connectivity index (χ0n) is 23.9. The van der Waals surface area contributed by atoms with Crippen LogP contribution in [-0.2, 0) is 0 Å². The molecule has 10 heteroatoms. The van der Waals surface area contributed by atoms with Gasteiger partial charge in [0.25, 0.3) is 5.91 Å². The Labute approximate surface area is 253 Å². The number of hydrogen-bond acceptors (Lipinski definition) is 7. The van der Waals surface area contributed by atoms with E-state index < -0.39 is 11.9 Å². The molecule has 43 heavy (non-hydrogen) atoms. The Morgan fingerprint density at radius 2 is 1.51 bits per heavy atom. The summed E-state index contributed by atoms with van der Waals surface area (Å²) in [6, 6.07) is 22.7. The van der Waals surface area contributed by atoms with Crippen LogP contribution in [0, 0.1) is 6.92 Å². The first kappa shape index (κ1) is 29.2. The first-order valence-electron chi connectivity index (χ1n) is 13.2. The van der Waals surface area contributed by atoms with Gasteiger partial charge in [0, 0.05) is 16.1 Å². The molecular weight excluding hydrogens is 570 g/mol. The Kier molecular flexibility index (Phi) is 8.64. The molecule has 1 aromatic heterocycles. The maximum atomic E-state index is 13.5. The van der Waals surface area contributed by atoms with Crippen molar-refractivity contribution in [1.82, 2.24) is 10.4 Å². The number of benzene rings is 4. The van der Waals surface area contributed by atoms with Gasteiger partial charge in [-0.05, 0) is 61.0 Å². The van der Waals surface area contributed by atoms with Crippen molar-refractivity contribution in [2.24, 2.45) is 5.10 Å². The minimum absolute atomic E-state index is 0.221. The topological polar surface area (TPSA) is 111 Å². The molecule has 1 amide bonds. The molecule has 5 aromatic rings. The lowest BCUT2D eigenvalue weighted by Crippen LogP contribution is -2.19. The number of carbonyl (C=O) groups excluding carboxylic acids is 2. The van der Waals surface area contributed by atoms with Crippen molar-refractivity contribution in [1.29, 1.82) is 0 Å². The minimum Gasteiger partial charge on any atom is -0.496 e. The number of fused-ring (bicyclic) bond motifs is 1. The van der Waals surface area contributed by atoms with Crippen molar-refractivity contribution in [3.63, 3.8) is 0 Å². The van der Waals surface area contributed by atoms with Crippen LogP contribution in [0.15, 0.2) is 84.0 Å². The highest BCUT2D eigenvalue weighted by Gasteiger charge is 2.25. The number of esters is 1. The third-order valence-electron chi connectivity index (χ3n) is 6.75. The molecule has 0 radical (unpaired) electrons. The number of aromatic amines is 1. The van der Waals surface area contributed by atoms with Crippen LogP contribution in [0.1, 0.15) is 32.0 Å². The Balaban J connectivity index is 1.42. The van der Waals surface area contributed by atoms with Gasteiger partial charge in [-0.1, -0.05) is 47.5 Å². The second kappa shape index (κ2) is 12.7. The van der Waals surface area contributed by atoms with E-state index in [0.29, 0.717) is 55.4 Å². The molecule has 0 fully saturated rings. The zero-order chi connectivity index (χ0) is 30.5. The van der Waals surface area contributed by atoms with E-state index >= 15 is 0 Å². The third kappa shape index (κ3) is 6.02. The molecule has 5 rings (SSSR count). The minimum atomic E-state index is -0.512. The molecule has 4 aromatic carbocycles. The molecule has 0 aliphatic rings. The van der Waals surface area contributed by atoms with E-state index in [-0.39, 0.29) is 11.4 Å². The number of rotatable bonds is 9. The van der Waals surface area contributed by atoms with Crippen molar-refractivity contribution in [3.8, 4) is 34.1 Å². The van der Waals surface area contributed by atoms with Gasteiger partial charge in [0.15, 0.2) is 11.5 Å². The fourth-order valence-corrected chi connectivity index (χ4v) is 4.84. The lowest BCUT2D eigenvalue weighted by Gasteiger charge is -2.10. The van der Waals surface area contributed by atoms with Gasteiger partial charge in [0.05, 0.1) is 44.0 Å². The molecule has 9 nitrogen and oxygen atoms in total. The summed E-state index contributed by atoms with van der Waals surface area (Å²) in [6.07, 6.45) is 1.45. The molecule has 0 aliphatic heterocycles. The van der Waals surface area contributed by atoms with Gasteiger partial charge in [0.2, 0.25) is 0 Å². The molecule has 0 saturated carbocycles. The van der Waals surface area contributed by atoms with Gasteiger partial charge < -0.3 is 23.9 Å². The van der Waals surface area contributed by atoms with Gasteiger partial charge in [-0.25, -0.2) is 10.2 Å². The number of nitrogens with zero attached hydrogens (tertiary/aromatic N) is 1. The molecule has 218 valence electrons. The zero-order valence-corrected chi connectivity index (χ0v) is 24.6. The molecule has 0 saturated heterocycles. The Bertz CT molecular complexity index is 1850. The highest BCUT2D eigenvalue weighted by Crippen LogP contribution is 2.44. The molecule has 0 spiro atoms. The van der Waals surface area contributed by atoms with Gasteiger partial charge in [-0.3, -0.25) is 4.79 Å². The Hall–Kier alpha value is -5.28. The fraction of sp³-hybridized carbons (Fsp3) is 0.121. The van der Waals surface area contributed by atoms with Crippen LogP contribution < -0.4 is 24.4 Å². The van der Waals surface area contributed by atoms with Crippen LogP contribution in [0.3, 0.4) is 0 Å². The number of halogens is 1. The first-order chi connectivity index (χ1) is 20.8. The SMILES string of the molecule is COc1cc(C=NNC(=O)c2[nH]c3c(OC)ccc(OC)c3c2-c2ccccc2Cl)ccc1OC(=O)c1ccc(C)cc1. The van der Waals surface area contributed by atoms with E-state index in [2.05, 4.69) is 15.5 Å². The number of hydrogen-bond donors (Lipinski definition) is 2. The van der Waals surface area contributed by atoms with E-state index in [9.17, 15) is 9.59 Å². The van der Waals surface area contributed by atoms with E-state index in [1.54, 1.807) is 62.8 Å². The smallest absolute Gasteiger partial charge is 0.343 e. The standard InChI is InChI=1S/C33H28ClN3O6/c1-19-9-12-21(13-10-19)33(39)43-24-14-11-20(17-27(24)42-4)18-35-37-32(38)31-28(22-7-5-6-8-23(22)34)29-25(40-2)15-16-26(41-3)30(29)36-31/h5-18,36H,1-4H3,(H,37,38). The van der Waals surface area contributed by atoms with Gasteiger partial charge in [-0.15, -0.1) is 0 Å². The number of nitrogens with one attached hydrogen (secondary N) is 2. The van der Waals surface area contributed by atoms with Crippen molar-refractivity contribution >= 4 is 40.6 Å². The summed E-state index contributed by atoms with van der Waals surface area (Å²) < 4.78 is 22.1. The summed E-state index contributed by atoms with van der Waals surface area (Å²) in [4.78, 5) is 29.3. The predicted octanol–water partition coefficient (Wildman–Crippen LogP) is 6.81. The normalized spacial score (nSPS) is 11.0. The lowest BCUT2D eigenvalue weighted by atomic mass is 10.0. The van der Waals surface area contributed by atoms with Crippen molar-refractivity contribution in [2.45, 2.75) is 6.92 Å². The number of carbonyl (C=O) groups is 2. The molecular formula is C33H28ClN3O6. The summed E-state index contributed by atoms with van der Waals surface area (Å²) in [5.41, 5.74) is 6.60. The highest BCUT2D eigenvalue weighted by atomic mass is 35.5. The molecule has 2 N–H and O–H groups in total. The average Bonchev–Trinajstić information content (AvgIpc) is 3.42. The van der Waals surface area contributed by atoms with Crippen molar-refractivity contribution in [2.75, 3.05) is 21.3 Å². The fourth-order valence-electron chi connectivity index (χ4n) is 4.61. The summed E-state index contributed by atoms with van der Waals surface area (Å²) in [5, 5.41) is 5.25. The molecule has 0 unspecified atom stereocenters. The number of H-pyrrole nitrogens is 1. The summed E-state index contributed by atoms with van der Waals surface area (Å²) in [7, 11) is 4.57. The number of methoxy groups -OCH3 is 3. The molecule has 0 atom stereocenters. The third-order valence-corrected chi connectivity index (χ3v) is 7.08. The van der Waals surface area contributed by atoms with Crippen molar-refractivity contribution < 1.29 is 28.5 Å². The highest BCUT2D eigenvalue weighted by molar-refractivity contribution is 6.34. The van der Waals surface area contributed by atoms with E-state index in [4.69, 9.17) is 30.5 Å². The van der Waals surface area contributed by atoms with Gasteiger partial charge >= 0.3 is 5.97 Å². The summed E-state index contributed by atoms with van der Waals surface area (Å²) in [5.74, 6) is 0.628. The quantitative estimate of drug-likeness (QED) is 0.0836. The second-order valence-corrected chi connectivity index (χ2v) is 9.85. The van der Waals surface area contributed by atoms with E-state index in [1.807, 2.05) is 37.3 Å². The lowest BCUT2D eigenvalue weighted by molar-refractivity contribution is 0.0729. The Morgan fingerprint density at radius 1 is 0.837 bits per heavy atom. The van der Waals surface area contributed by atoms with Gasteiger partial charge in [0.1, 0.15) is 17.2 Å². The number of ether oxygens (including phenoxy) is 4. The molecule has 0 bridgehead atoms. The average molecular weight is 598 g/mol. The van der Waals surface area contributed by atoms with Crippen LogP contribution >= 0.6 is 11.6 Å². The van der Waals surface area contributed by atoms with Gasteiger partial charge in [-0.2, -0.15) is 5.10 Å². The number of aromatic nitrogens is 1. The van der Waals surface area contributed by atoms with Crippen LogP contribution in [0.5, 0.6) is 23.0 Å². The van der Waals surface area contributed by atoms with Crippen LogP contribution in [-0.4, -0.2) is 44.4 Å². The molecule has 0 aliphatic carbocycles. The monoisotopic (exact) mass is 597 g/mol. The predicted molar refractivity (Wildman–Crippen MR) is 166 cm³/mol. The van der Waals surface area contributed by atoms with E-state index in [1.165, 1.54) is 13.3 Å². The maximum Gasteiger partial charge on any atom is 0.343 e. The number of aryl methyl sites for hydroxylation is 1. The first-order valence-corrected chi connectivity index (χ1v) is 13.5. The summed E-state index contributed by atoms with van der Waals surface area (Å²) in [6.45, 7) is 1.94. The summed E-state index contributed by atoms with van der Waals surface area (Å²) >= 11 is 6.57. The van der Waals surface area contributed by atoms with Crippen molar-refractivity contribution in [3.05, 3.63) is 106 Å². The van der Waals surface area contributed by atoms with E-state index in [0.717, 1.165) is 5.56 Å². The second-order valence-electron chi connectivity index (χ2n) is 9.44. The molecule has 1 heterocycles. The van der Waals surface area contributed by atoms with Crippen LogP contribution in [0.25, 0.3) is 22.0 Å². The largest absolute Gasteiger partial charge is 0.496 e. The Morgan fingerprint density at radius 3 is 2.21 bits per heavy atom.